The van der Waals surface area contributed by atoms with Gasteiger partial charge in [-0.05, 0) is 159 Å². The van der Waals surface area contributed by atoms with Crippen molar-refractivity contribution in [2.75, 3.05) is 9.80 Å². The Bertz CT molecular complexity index is 4090. The first kappa shape index (κ1) is 42.2. The fourth-order valence-electron chi connectivity index (χ4n) is 12.6. The van der Waals surface area contributed by atoms with E-state index in [1.807, 2.05) is 0 Å². The van der Waals surface area contributed by atoms with Gasteiger partial charge in [-0.1, -0.05) is 210 Å². The number of anilines is 6. The molecule has 342 valence electrons. The lowest BCUT2D eigenvalue weighted by Gasteiger charge is -2.42. The van der Waals surface area contributed by atoms with Crippen molar-refractivity contribution in [1.29, 1.82) is 0 Å². The highest BCUT2D eigenvalue weighted by atomic mass is 15.2. The molecule has 2 heteroatoms. The Hall–Kier alpha value is -8.72. The van der Waals surface area contributed by atoms with Crippen molar-refractivity contribution in [1.82, 2.24) is 0 Å². The van der Waals surface area contributed by atoms with Gasteiger partial charge in [-0.25, -0.2) is 0 Å². The lowest BCUT2D eigenvalue weighted by Crippen LogP contribution is -2.30. The Morgan fingerprint density at radius 1 is 0.264 bits per heavy atom. The summed E-state index contributed by atoms with van der Waals surface area (Å²) in [5.41, 5.74) is 19.3. The molecule has 0 aromatic heterocycles. The van der Waals surface area contributed by atoms with Gasteiger partial charge in [0.15, 0.2) is 0 Å². The highest BCUT2D eigenvalue weighted by molar-refractivity contribution is 6.24. The van der Waals surface area contributed by atoms with Crippen molar-refractivity contribution in [2.24, 2.45) is 0 Å². The number of para-hydroxylation sites is 4. The van der Waals surface area contributed by atoms with E-state index < -0.39 is 0 Å². The van der Waals surface area contributed by atoms with E-state index >= 15 is 0 Å². The lowest BCUT2D eigenvalue weighted by molar-refractivity contribution is 0.632. The van der Waals surface area contributed by atoms with E-state index in [4.69, 9.17) is 0 Å². The lowest BCUT2D eigenvalue weighted by atomic mass is 9.73. The fourth-order valence-corrected chi connectivity index (χ4v) is 12.6. The van der Waals surface area contributed by atoms with E-state index in [1.54, 1.807) is 0 Å². The summed E-state index contributed by atoms with van der Waals surface area (Å²) in [6.07, 6.45) is 0. The van der Waals surface area contributed by atoms with E-state index in [1.165, 1.54) is 121 Å². The molecular formula is C70H52N2. The van der Waals surface area contributed by atoms with E-state index in [0.29, 0.717) is 0 Å². The van der Waals surface area contributed by atoms with Gasteiger partial charge >= 0.3 is 0 Å². The van der Waals surface area contributed by atoms with Gasteiger partial charge < -0.3 is 9.80 Å². The number of nitrogens with zero attached hydrogens (tertiary/aromatic N) is 2. The van der Waals surface area contributed by atoms with Crippen LogP contribution in [-0.4, -0.2) is 0 Å². The van der Waals surface area contributed by atoms with Crippen LogP contribution in [0.4, 0.5) is 34.1 Å². The average Bonchev–Trinajstić information content (AvgIpc) is 3.42. The predicted octanol–water partition coefficient (Wildman–Crippen LogP) is 19.5. The molecule has 12 aromatic carbocycles. The van der Waals surface area contributed by atoms with Crippen LogP contribution < -0.4 is 9.80 Å². The molecule has 0 spiro atoms. The molecule has 0 saturated heterocycles. The van der Waals surface area contributed by atoms with Crippen molar-refractivity contribution in [3.63, 3.8) is 0 Å². The monoisotopic (exact) mass is 920 g/mol. The summed E-state index contributed by atoms with van der Waals surface area (Å²) >= 11 is 0. The third kappa shape index (κ3) is 6.28. The number of benzene rings is 12. The number of fused-ring (bicyclic) bond motifs is 8. The molecular weight excluding hydrogens is 869 g/mol. The molecule has 0 atom stereocenters. The van der Waals surface area contributed by atoms with Gasteiger partial charge in [-0.3, -0.25) is 0 Å². The van der Waals surface area contributed by atoms with Crippen molar-refractivity contribution >= 4 is 77.2 Å². The summed E-state index contributed by atoms with van der Waals surface area (Å²) in [5.74, 6) is 0. The van der Waals surface area contributed by atoms with Crippen LogP contribution in [-0.2, 0) is 10.8 Å². The zero-order valence-corrected chi connectivity index (χ0v) is 41.0. The van der Waals surface area contributed by atoms with E-state index in [-0.39, 0.29) is 10.8 Å². The minimum atomic E-state index is -0.174. The van der Waals surface area contributed by atoms with Crippen molar-refractivity contribution in [3.05, 3.63) is 265 Å². The zero-order valence-electron chi connectivity index (χ0n) is 41.0. The van der Waals surface area contributed by atoms with Crippen LogP contribution in [0.15, 0.2) is 243 Å². The molecule has 72 heavy (non-hydrogen) atoms. The Morgan fingerprint density at radius 2 is 0.625 bits per heavy atom. The van der Waals surface area contributed by atoms with Crippen LogP contribution in [0.2, 0.25) is 0 Å². The molecule has 0 N–H and O–H groups in total. The van der Waals surface area contributed by atoms with E-state index in [2.05, 4.69) is 280 Å². The second-order valence-corrected chi connectivity index (χ2v) is 20.9. The first-order valence-corrected chi connectivity index (χ1v) is 25.3. The van der Waals surface area contributed by atoms with Gasteiger partial charge in [0.1, 0.15) is 0 Å². The summed E-state index contributed by atoms with van der Waals surface area (Å²) < 4.78 is 0. The third-order valence-electron chi connectivity index (χ3n) is 16.2. The summed E-state index contributed by atoms with van der Waals surface area (Å²) in [7, 11) is 0. The summed E-state index contributed by atoms with van der Waals surface area (Å²) in [5, 5.41) is 9.75. The predicted molar refractivity (Wildman–Crippen MR) is 306 cm³/mol. The van der Waals surface area contributed by atoms with Crippen molar-refractivity contribution in [2.45, 2.75) is 38.5 Å². The molecule has 0 radical (unpaired) electrons. The Labute approximate surface area is 421 Å². The standard InChI is InChI=1S/C70H52N2/c1-69(2)59-25-11-15-29-63(59)71(64-30-16-12-26-60(64)69)51-38-40-56-57(43-51)67(50-36-34-46-20-6-8-22-48(46)42-50)55-39-37-52(72-65-31-17-13-27-61(65)70(3,4)62-28-14-18-32-66(62)72)44-58(55)68(56)54-24-10-9-23-53(54)49-35-33-45-19-5-7-21-47(45)41-49/h5-44H,1-4H3. The maximum atomic E-state index is 2.50. The van der Waals surface area contributed by atoms with Gasteiger partial charge in [-0.15, -0.1) is 0 Å². The quantitative estimate of drug-likeness (QED) is 0.159. The molecule has 0 unspecified atom stereocenters. The molecule has 0 aliphatic carbocycles. The van der Waals surface area contributed by atoms with Crippen LogP contribution in [0.1, 0.15) is 49.9 Å². The normalized spacial score (nSPS) is 14.3. The van der Waals surface area contributed by atoms with Crippen LogP contribution in [0.5, 0.6) is 0 Å². The Balaban J connectivity index is 1.12. The average molecular weight is 921 g/mol. The Morgan fingerprint density at radius 3 is 1.11 bits per heavy atom. The summed E-state index contributed by atoms with van der Waals surface area (Å²) in [4.78, 5) is 5.01. The molecule has 0 bridgehead atoms. The first-order chi connectivity index (χ1) is 35.2. The highest BCUT2D eigenvalue weighted by Gasteiger charge is 2.38. The molecule has 2 nitrogen and oxygen atoms in total. The van der Waals surface area contributed by atoms with Gasteiger partial charge in [-0.2, -0.15) is 0 Å². The fraction of sp³-hybridized carbons (Fsp3) is 0.0857. The van der Waals surface area contributed by atoms with Gasteiger partial charge in [0.25, 0.3) is 0 Å². The van der Waals surface area contributed by atoms with Gasteiger partial charge in [0, 0.05) is 22.2 Å². The second-order valence-electron chi connectivity index (χ2n) is 20.9. The first-order valence-electron chi connectivity index (χ1n) is 25.3. The van der Waals surface area contributed by atoms with Crippen molar-refractivity contribution in [3.8, 4) is 33.4 Å². The molecule has 12 aromatic rings. The summed E-state index contributed by atoms with van der Waals surface area (Å²) in [6.45, 7) is 9.45. The number of rotatable bonds is 5. The van der Waals surface area contributed by atoms with E-state index in [0.717, 1.165) is 11.4 Å². The van der Waals surface area contributed by atoms with E-state index in [9.17, 15) is 0 Å². The van der Waals surface area contributed by atoms with Gasteiger partial charge in [0.2, 0.25) is 0 Å². The SMILES string of the molecule is CC1(C)c2ccccc2N(c2ccc3c(-c4ccccc4-c4ccc5ccccc5c4)c4cc(N5c6ccccc6C(C)(C)c6ccccc65)ccc4c(-c4ccc5ccccc5c4)c3c2)c2ccccc21. The molecule has 0 amide bonds. The van der Waals surface area contributed by atoms with Gasteiger partial charge in [0.05, 0.1) is 22.7 Å². The second kappa shape index (κ2) is 15.9. The maximum Gasteiger partial charge on any atom is 0.0502 e. The zero-order chi connectivity index (χ0) is 48.3. The van der Waals surface area contributed by atoms with Crippen molar-refractivity contribution < 1.29 is 0 Å². The Kier molecular flexibility index (Phi) is 9.32. The molecule has 0 fully saturated rings. The summed E-state index contributed by atoms with van der Waals surface area (Å²) in [6, 6.07) is 91.0. The third-order valence-corrected chi connectivity index (χ3v) is 16.2. The highest BCUT2D eigenvalue weighted by Crippen LogP contribution is 2.56. The minimum absolute atomic E-state index is 0.171. The topological polar surface area (TPSA) is 6.48 Å². The van der Waals surface area contributed by atoms with Crippen LogP contribution in [0, 0.1) is 0 Å². The molecule has 2 heterocycles. The minimum Gasteiger partial charge on any atom is -0.310 e. The molecule has 14 rings (SSSR count). The van der Waals surface area contributed by atoms with Crippen LogP contribution in [0.25, 0.3) is 76.5 Å². The molecule has 2 aliphatic rings. The maximum absolute atomic E-state index is 2.50. The van der Waals surface area contributed by atoms with Crippen LogP contribution in [0.3, 0.4) is 0 Å². The number of hydrogen-bond donors (Lipinski definition) is 0. The largest absolute Gasteiger partial charge is 0.310 e. The molecule has 2 aliphatic heterocycles. The number of hydrogen-bond acceptors (Lipinski definition) is 2. The molecule has 0 saturated carbocycles. The smallest absolute Gasteiger partial charge is 0.0502 e. The van der Waals surface area contributed by atoms with Crippen LogP contribution >= 0.6 is 0 Å².